The van der Waals surface area contributed by atoms with E-state index < -0.39 is 82.2 Å². The molecule has 1 aromatic rings. The van der Waals surface area contributed by atoms with Crippen molar-refractivity contribution in [3.8, 4) is 0 Å². The van der Waals surface area contributed by atoms with Gasteiger partial charge in [0.25, 0.3) is 0 Å². The Balaban J connectivity index is 3.12. The van der Waals surface area contributed by atoms with E-state index in [1.165, 1.54) is 13.8 Å². The molecule has 0 bridgehead atoms. The van der Waals surface area contributed by atoms with E-state index in [1.807, 2.05) is 0 Å². The Hall–Kier alpha value is -1.75. The Morgan fingerprint density at radius 1 is 1.10 bits per heavy atom. The number of carboxylic acid groups (broad SMARTS) is 2. The number of piperidine rings is 1. The molecule has 1 fully saturated rings. The van der Waals surface area contributed by atoms with Gasteiger partial charge in [0.2, 0.25) is 0 Å². The lowest BCUT2D eigenvalue weighted by Crippen LogP contribution is -2.73. The van der Waals surface area contributed by atoms with Gasteiger partial charge in [-0.05, 0) is 12.8 Å². The maximum absolute atomic E-state index is 14.9. The topological polar surface area (TPSA) is 86.6 Å². The molecule has 0 saturated carbocycles. The van der Waals surface area contributed by atoms with Crippen LogP contribution < -0.4 is 5.32 Å². The fraction of sp³-hybridized carbons (Fsp3) is 0.579. The van der Waals surface area contributed by atoms with Crippen LogP contribution in [0, 0.1) is 40.0 Å². The second-order valence-electron chi connectivity index (χ2n) is 7.88. The zero-order chi connectivity index (χ0) is 23.2. The molecule has 0 amide bonds. The first-order chi connectivity index (χ1) is 13.8. The molecule has 0 spiro atoms. The first-order valence-corrected chi connectivity index (χ1v) is 10.1. The summed E-state index contributed by atoms with van der Waals surface area (Å²) in [5, 5.41) is 22.6. The van der Waals surface area contributed by atoms with Crippen LogP contribution in [0.1, 0.15) is 32.3 Å². The first-order valence-electron chi connectivity index (χ1n) is 9.00. The van der Waals surface area contributed by atoms with Crippen molar-refractivity contribution in [3.05, 3.63) is 34.9 Å². The first kappa shape index (κ1) is 24.5. The number of halogens is 6. The van der Waals surface area contributed by atoms with Crippen molar-refractivity contribution >= 4 is 27.9 Å². The number of aliphatic carboxylic acids is 2. The van der Waals surface area contributed by atoms with Gasteiger partial charge in [-0.15, -0.1) is 0 Å². The molecule has 0 radical (unpaired) electrons. The average molecular weight is 502 g/mol. The van der Waals surface area contributed by atoms with E-state index in [9.17, 15) is 41.8 Å². The molecule has 168 valence electrons. The lowest BCUT2D eigenvalue weighted by Gasteiger charge is -2.58. The minimum atomic E-state index is -2.47. The standard InChI is InChI=1S/C19H21BrF5NO4/c1-7(2)19(17(29)30)10(5-20)26-11(6-21)18(3,16(27)28)15(19)12-13(24)8(22)4-9(23)14(12)25/h4,7,10-11,15,26H,5-6H2,1-3H3,(H,27,28)(H,29,30). The summed E-state index contributed by atoms with van der Waals surface area (Å²) in [7, 11) is 0. The van der Waals surface area contributed by atoms with Gasteiger partial charge in [-0.3, -0.25) is 9.59 Å². The van der Waals surface area contributed by atoms with E-state index in [2.05, 4.69) is 21.2 Å². The van der Waals surface area contributed by atoms with Gasteiger partial charge in [0, 0.05) is 28.9 Å². The van der Waals surface area contributed by atoms with Crippen LogP contribution in [-0.2, 0) is 9.59 Å². The molecule has 1 heterocycles. The number of carbonyl (C=O) groups is 2. The van der Waals surface area contributed by atoms with Crippen molar-refractivity contribution in [2.75, 3.05) is 12.0 Å². The second-order valence-corrected chi connectivity index (χ2v) is 8.52. The maximum Gasteiger partial charge on any atom is 0.312 e. The summed E-state index contributed by atoms with van der Waals surface area (Å²) >= 11 is 3.09. The van der Waals surface area contributed by atoms with E-state index in [1.54, 1.807) is 0 Å². The Kier molecular flexibility index (Phi) is 6.87. The van der Waals surface area contributed by atoms with Crippen molar-refractivity contribution in [2.24, 2.45) is 16.7 Å². The summed E-state index contributed by atoms with van der Waals surface area (Å²) in [6, 6.07) is -2.88. The molecule has 11 heteroatoms. The maximum atomic E-state index is 14.9. The summed E-state index contributed by atoms with van der Waals surface area (Å²) in [6.45, 7) is 2.34. The van der Waals surface area contributed by atoms with Gasteiger partial charge in [0.15, 0.2) is 23.3 Å². The third kappa shape index (κ3) is 3.21. The van der Waals surface area contributed by atoms with Crippen molar-refractivity contribution in [2.45, 2.75) is 38.8 Å². The zero-order valence-corrected chi connectivity index (χ0v) is 17.9. The summed E-state index contributed by atoms with van der Waals surface area (Å²) < 4.78 is 71.8. The molecule has 5 nitrogen and oxygen atoms in total. The van der Waals surface area contributed by atoms with Gasteiger partial charge in [-0.2, -0.15) is 0 Å². The minimum Gasteiger partial charge on any atom is -0.481 e. The van der Waals surface area contributed by atoms with Crippen LogP contribution in [0.25, 0.3) is 0 Å². The molecule has 1 aliphatic rings. The molecule has 1 aliphatic heterocycles. The van der Waals surface area contributed by atoms with Crippen LogP contribution in [0.4, 0.5) is 22.0 Å². The highest BCUT2D eigenvalue weighted by Gasteiger charge is 2.69. The Morgan fingerprint density at radius 3 is 1.93 bits per heavy atom. The predicted octanol–water partition coefficient (Wildman–Crippen LogP) is 3.85. The van der Waals surface area contributed by atoms with Gasteiger partial charge in [0.1, 0.15) is 6.67 Å². The molecule has 5 atom stereocenters. The molecule has 5 unspecified atom stereocenters. The van der Waals surface area contributed by atoms with Gasteiger partial charge in [0.05, 0.1) is 16.9 Å². The lowest BCUT2D eigenvalue weighted by molar-refractivity contribution is -0.176. The van der Waals surface area contributed by atoms with Gasteiger partial charge >= 0.3 is 11.9 Å². The van der Waals surface area contributed by atoms with Crippen LogP contribution in [0.15, 0.2) is 6.07 Å². The van der Waals surface area contributed by atoms with Crippen molar-refractivity contribution < 1.29 is 41.8 Å². The third-order valence-corrected chi connectivity index (χ3v) is 6.96. The van der Waals surface area contributed by atoms with Crippen LogP contribution in [0.2, 0.25) is 0 Å². The Morgan fingerprint density at radius 2 is 1.60 bits per heavy atom. The summed E-state index contributed by atoms with van der Waals surface area (Å²) in [5.41, 5.74) is -6.11. The quantitative estimate of drug-likeness (QED) is 0.313. The van der Waals surface area contributed by atoms with E-state index in [-0.39, 0.29) is 11.4 Å². The van der Waals surface area contributed by atoms with Crippen LogP contribution >= 0.6 is 15.9 Å². The van der Waals surface area contributed by atoms with Crippen molar-refractivity contribution in [3.63, 3.8) is 0 Å². The fourth-order valence-electron chi connectivity index (χ4n) is 4.74. The summed E-state index contributed by atoms with van der Waals surface area (Å²) in [6.07, 6.45) is 0. The van der Waals surface area contributed by atoms with Crippen molar-refractivity contribution in [1.82, 2.24) is 5.32 Å². The average Bonchev–Trinajstić information content (AvgIpc) is 2.66. The molecule has 0 aliphatic carbocycles. The normalized spacial score (nSPS) is 31.7. The van der Waals surface area contributed by atoms with Gasteiger partial charge in [-0.1, -0.05) is 29.8 Å². The SMILES string of the molecule is CC(C)C1(C(=O)O)C(CBr)NC(CF)C(C)(C(=O)O)C1c1c(F)c(F)cc(F)c1F. The summed E-state index contributed by atoms with van der Waals surface area (Å²) in [5.74, 6) is -14.0. The molecular formula is C19H21BrF5NO4. The highest BCUT2D eigenvalue weighted by molar-refractivity contribution is 9.09. The molecular weight excluding hydrogens is 481 g/mol. The molecule has 0 aromatic heterocycles. The second kappa shape index (κ2) is 8.41. The molecule has 30 heavy (non-hydrogen) atoms. The Labute approximate surface area is 177 Å². The molecule has 2 rings (SSSR count). The zero-order valence-electron chi connectivity index (χ0n) is 16.3. The van der Waals surface area contributed by atoms with Gasteiger partial charge < -0.3 is 15.5 Å². The van der Waals surface area contributed by atoms with E-state index in [0.29, 0.717) is 0 Å². The number of rotatable bonds is 6. The van der Waals surface area contributed by atoms with Crippen molar-refractivity contribution in [1.29, 1.82) is 0 Å². The number of benzene rings is 1. The minimum absolute atomic E-state index is 0.0558. The highest BCUT2D eigenvalue weighted by Crippen LogP contribution is 2.59. The third-order valence-electron chi connectivity index (χ3n) is 6.31. The molecule has 1 saturated heterocycles. The monoisotopic (exact) mass is 501 g/mol. The molecule has 1 aromatic carbocycles. The van der Waals surface area contributed by atoms with Crippen LogP contribution in [0.3, 0.4) is 0 Å². The number of hydrogen-bond donors (Lipinski definition) is 3. The predicted molar refractivity (Wildman–Crippen MR) is 100 cm³/mol. The highest BCUT2D eigenvalue weighted by atomic mass is 79.9. The largest absolute Gasteiger partial charge is 0.481 e. The van der Waals surface area contributed by atoms with E-state index in [4.69, 9.17) is 0 Å². The lowest BCUT2D eigenvalue weighted by atomic mass is 9.49. The smallest absolute Gasteiger partial charge is 0.312 e. The molecule has 3 N–H and O–H groups in total. The van der Waals surface area contributed by atoms with Crippen LogP contribution in [0.5, 0.6) is 0 Å². The number of alkyl halides is 2. The number of hydrogen-bond acceptors (Lipinski definition) is 3. The summed E-state index contributed by atoms with van der Waals surface area (Å²) in [4.78, 5) is 24.9. The fourth-order valence-corrected chi connectivity index (χ4v) is 5.46. The van der Waals surface area contributed by atoms with Gasteiger partial charge in [-0.25, -0.2) is 22.0 Å². The number of nitrogens with one attached hydrogen (secondary N) is 1. The van der Waals surface area contributed by atoms with E-state index in [0.717, 1.165) is 6.92 Å². The van der Waals surface area contributed by atoms with E-state index >= 15 is 0 Å². The number of carboxylic acids is 2. The Bertz CT molecular complexity index is 844. The van der Waals surface area contributed by atoms with Crippen LogP contribution in [-0.4, -0.2) is 46.2 Å².